The van der Waals surface area contributed by atoms with Gasteiger partial charge < -0.3 is 25.0 Å². The number of amides is 2. The Morgan fingerprint density at radius 2 is 1.93 bits per heavy atom. The number of nitrogens with zero attached hydrogens (tertiary/aromatic N) is 4. The van der Waals surface area contributed by atoms with Crippen LogP contribution in [0.1, 0.15) is 23.0 Å². The number of thiazole rings is 1. The van der Waals surface area contributed by atoms with Crippen molar-refractivity contribution in [1.82, 2.24) is 19.2 Å². The average Bonchev–Trinajstić information content (AvgIpc) is 3.50. The number of hydrogen-bond donors (Lipinski definition) is 3. The summed E-state index contributed by atoms with van der Waals surface area (Å²) < 4.78 is 7.18. The van der Waals surface area contributed by atoms with Crippen molar-refractivity contribution in [2.75, 3.05) is 31.5 Å². The molecule has 0 atom stereocenters. The molecule has 3 heterocycles. The number of para-hydroxylation sites is 1. The molecule has 2 amide bonds. The molecule has 0 bridgehead atoms. The number of benzene rings is 2. The summed E-state index contributed by atoms with van der Waals surface area (Å²) in [4.78, 5) is 34.8. The van der Waals surface area contributed by atoms with E-state index in [0.29, 0.717) is 36.8 Å². The van der Waals surface area contributed by atoms with E-state index in [1.807, 2.05) is 24.4 Å². The Bertz CT molecular complexity index is 1580. The maximum absolute atomic E-state index is 13.0. The van der Waals surface area contributed by atoms with Gasteiger partial charge in [0.25, 0.3) is 5.91 Å². The number of allylic oxidation sites excluding steroid dienone is 1. The molecule has 2 aromatic carbocycles. The fourth-order valence-corrected chi connectivity index (χ4v) is 5.62. The van der Waals surface area contributed by atoms with E-state index in [9.17, 15) is 19.6 Å². The molecule has 5 rings (SSSR count). The number of anilines is 1. The Morgan fingerprint density at radius 3 is 2.62 bits per heavy atom. The number of halogens is 1. The van der Waals surface area contributed by atoms with Crippen LogP contribution in [0.15, 0.2) is 66.4 Å². The molecule has 1 aliphatic heterocycles. The van der Waals surface area contributed by atoms with E-state index < -0.39 is 13.0 Å². The van der Waals surface area contributed by atoms with Gasteiger partial charge in [-0.2, -0.15) is 0 Å². The van der Waals surface area contributed by atoms with Crippen molar-refractivity contribution in [3.8, 4) is 11.3 Å². The second-order valence-corrected chi connectivity index (χ2v) is 10.7. The Hall–Kier alpha value is -3.68. The highest BCUT2D eigenvalue weighted by atomic mass is 35.5. The topological polar surface area (TPSA) is 120 Å². The third kappa shape index (κ3) is 6.06. The molecule has 40 heavy (non-hydrogen) atoms. The molecule has 1 saturated heterocycles. The third-order valence-electron chi connectivity index (χ3n) is 6.55. The Morgan fingerprint density at radius 1 is 1.18 bits per heavy atom. The number of nitrogens with one attached hydrogen (secondary N) is 1. The minimum Gasteiger partial charge on any atom is -0.423 e. The summed E-state index contributed by atoms with van der Waals surface area (Å²) in [6.45, 7) is 8.58. The van der Waals surface area contributed by atoms with E-state index in [-0.39, 0.29) is 22.1 Å². The lowest BCUT2D eigenvalue weighted by Gasteiger charge is -2.33. The van der Waals surface area contributed by atoms with E-state index in [4.69, 9.17) is 21.3 Å². The number of imidazole rings is 1. The summed E-state index contributed by atoms with van der Waals surface area (Å²) in [7, 11) is -1.68. The smallest absolute Gasteiger partial charge is 0.423 e. The van der Waals surface area contributed by atoms with Gasteiger partial charge in [-0.15, -0.1) is 11.3 Å². The number of rotatable bonds is 7. The molecule has 10 nitrogen and oxygen atoms in total. The summed E-state index contributed by atoms with van der Waals surface area (Å²) >= 11 is 7.78. The lowest BCUT2D eigenvalue weighted by atomic mass is 9.80. The van der Waals surface area contributed by atoms with Gasteiger partial charge in [0.05, 0.1) is 27.7 Å². The molecule has 206 valence electrons. The van der Waals surface area contributed by atoms with Crippen LogP contribution in [0.5, 0.6) is 0 Å². The van der Waals surface area contributed by atoms with Crippen molar-refractivity contribution in [3.63, 3.8) is 0 Å². The van der Waals surface area contributed by atoms with Gasteiger partial charge in [-0.05, 0) is 30.6 Å². The normalized spacial score (nSPS) is 13.8. The Kier molecular flexibility index (Phi) is 8.24. The van der Waals surface area contributed by atoms with Crippen molar-refractivity contribution in [3.05, 3.63) is 82.7 Å². The molecular weight excluding hydrogens is 553 g/mol. The van der Waals surface area contributed by atoms with Gasteiger partial charge in [0.2, 0.25) is 0 Å². The first-order valence-electron chi connectivity index (χ1n) is 12.6. The number of piperazine rings is 1. The van der Waals surface area contributed by atoms with Gasteiger partial charge in [0.15, 0.2) is 4.96 Å². The maximum Gasteiger partial charge on any atom is 0.488 e. The quantitative estimate of drug-likeness (QED) is 0.227. The highest BCUT2D eigenvalue weighted by Gasteiger charge is 2.24. The zero-order valence-corrected chi connectivity index (χ0v) is 23.3. The van der Waals surface area contributed by atoms with Gasteiger partial charge in [0, 0.05) is 55.6 Å². The minimum absolute atomic E-state index is 0.112. The van der Waals surface area contributed by atoms with E-state index >= 15 is 0 Å². The van der Waals surface area contributed by atoms with Gasteiger partial charge >= 0.3 is 13.2 Å². The first kappa shape index (κ1) is 27.9. The molecule has 0 aliphatic carbocycles. The third-order valence-corrected chi connectivity index (χ3v) is 7.75. The fourth-order valence-electron chi connectivity index (χ4n) is 4.49. The predicted octanol–water partition coefficient (Wildman–Crippen LogP) is 3.44. The first-order chi connectivity index (χ1) is 19.2. The standard InChI is InChI=1S/C27H27BClN5O5S/c1-17(2)39-27(36)33-11-9-32(10-12-33)14-19-16-40-26-31-24(15-34(19)26)21-5-3-4-6-23(21)30-25(35)20-8-7-18(28(37)38)13-22(20)29/h3-8,13,15-16,37-38H,1,9-12,14H2,2H3,(H,30,35). The van der Waals surface area contributed by atoms with Gasteiger partial charge in [0.1, 0.15) is 0 Å². The zero-order valence-electron chi connectivity index (χ0n) is 21.7. The van der Waals surface area contributed by atoms with Gasteiger partial charge in [-0.1, -0.05) is 42.4 Å². The molecule has 2 aromatic heterocycles. The van der Waals surface area contributed by atoms with E-state index in [1.165, 1.54) is 29.5 Å². The van der Waals surface area contributed by atoms with Gasteiger partial charge in [-0.3, -0.25) is 14.1 Å². The highest BCUT2D eigenvalue weighted by molar-refractivity contribution is 7.15. The molecule has 13 heteroatoms. The number of aromatic nitrogens is 2. The van der Waals surface area contributed by atoms with Gasteiger partial charge in [-0.25, -0.2) is 9.78 Å². The molecule has 1 aliphatic rings. The number of hydrogen-bond acceptors (Lipinski definition) is 8. The molecule has 0 saturated carbocycles. The lowest BCUT2D eigenvalue weighted by Crippen LogP contribution is -2.48. The highest BCUT2D eigenvalue weighted by Crippen LogP contribution is 2.30. The molecule has 3 N–H and O–H groups in total. The van der Waals surface area contributed by atoms with E-state index in [2.05, 4.69) is 26.6 Å². The second-order valence-electron chi connectivity index (χ2n) is 9.45. The first-order valence-corrected chi connectivity index (χ1v) is 13.8. The van der Waals surface area contributed by atoms with Crippen LogP contribution in [0.2, 0.25) is 5.02 Å². The number of ether oxygens (including phenoxy) is 1. The number of carbonyl (C=O) groups is 2. The van der Waals surface area contributed by atoms with Crippen LogP contribution in [0, 0.1) is 0 Å². The second kappa shape index (κ2) is 11.8. The van der Waals surface area contributed by atoms with E-state index in [0.717, 1.165) is 29.3 Å². The van der Waals surface area contributed by atoms with Crippen molar-refractivity contribution in [2.24, 2.45) is 0 Å². The lowest BCUT2D eigenvalue weighted by molar-refractivity contribution is 0.0921. The van der Waals surface area contributed by atoms with Crippen molar-refractivity contribution in [1.29, 1.82) is 0 Å². The van der Waals surface area contributed by atoms with Crippen molar-refractivity contribution in [2.45, 2.75) is 13.5 Å². The predicted molar refractivity (Wildman–Crippen MR) is 156 cm³/mol. The number of fused-ring (bicyclic) bond motifs is 1. The summed E-state index contributed by atoms with van der Waals surface area (Å²) in [6, 6.07) is 11.6. The Labute approximate surface area is 240 Å². The minimum atomic E-state index is -1.68. The van der Waals surface area contributed by atoms with Crippen LogP contribution in [0.25, 0.3) is 16.2 Å². The monoisotopic (exact) mass is 579 g/mol. The SMILES string of the molecule is C=C(C)OC(=O)N1CCN(Cc2csc3nc(-c4ccccc4NC(=O)c4ccc(B(O)O)cc4Cl)cn23)CC1. The zero-order chi connectivity index (χ0) is 28.4. The van der Waals surface area contributed by atoms with Crippen LogP contribution >= 0.6 is 22.9 Å². The molecule has 1 fully saturated rings. The number of carbonyl (C=O) groups excluding carboxylic acids is 2. The van der Waals surface area contributed by atoms with Crippen LogP contribution in [0.3, 0.4) is 0 Å². The fraction of sp³-hybridized carbons (Fsp3) is 0.222. The summed E-state index contributed by atoms with van der Waals surface area (Å²) in [5.41, 5.74) is 3.52. The maximum atomic E-state index is 13.0. The van der Waals surface area contributed by atoms with E-state index in [1.54, 1.807) is 17.9 Å². The Balaban J connectivity index is 1.30. The summed E-state index contributed by atoms with van der Waals surface area (Å²) in [5, 5.41) is 23.8. The van der Waals surface area contributed by atoms with Crippen LogP contribution in [-0.2, 0) is 11.3 Å². The molecule has 0 unspecified atom stereocenters. The van der Waals surface area contributed by atoms with Crippen LogP contribution in [0.4, 0.5) is 10.5 Å². The van der Waals surface area contributed by atoms with Crippen LogP contribution in [-0.4, -0.2) is 74.5 Å². The van der Waals surface area contributed by atoms with Crippen molar-refractivity contribution < 1.29 is 24.4 Å². The summed E-state index contributed by atoms with van der Waals surface area (Å²) in [6.07, 6.45) is 1.59. The molecule has 0 spiro atoms. The van der Waals surface area contributed by atoms with Crippen molar-refractivity contribution >= 4 is 58.2 Å². The molecule has 4 aromatic rings. The average molecular weight is 580 g/mol. The molecule has 0 radical (unpaired) electrons. The van der Waals surface area contributed by atoms with Crippen LogP contribution < -0.4 is 10.8 Å². The largest absolute Gasteiger partial charge is 0.488 e. The summed E-state index contributed by atoms with van der Waals surface area (Å²) in [5.74, 6) is -0.0456. The molecular formula is C27H27BClN5O5S.